The summed E-state index contributed by atoms with van der Waals surface area (Å²) in [5.41, 5.74) is 0.969. The second kappa shape index (κ2) is 6.44. The molecule has 0 unspecified atom stereocenters. The van der Waals surface area contributed by atoms with Crippen LogP contribution in [0.2, 0.25) is 0 Å². The van der Waals surface area contributed by atoms with E-state index in [1.807, 2.05) is 6.92 Å². The van der Waals surface area contributed by atoms with Crippen LogP contribution in [0.4, 0.5) is 0 Å². The number of hydrogen-bond acceptors (Lipinski definition) is 3. The molecule has 0 heterocycles. The normalized spacial score (nSPS) is 23.8. The third-order valence-corrected chi connectivity index (χ3v) is 6.85. The number of nitrogens with one attached hydrogen (secondary N) is 1. The molecular formula is C13H17Br2NO3S. The summed E-state index contributed by atoms with van der Waals surface area (Å²) < 4.78 is 28.9. The Morgan fingerprint density at radius 1 is 1.15 bits per heavy atom. The molecule has 1 aliphatic carbocycles. The Bertz CT molecular complexity index is 596. The average Bonchev–Trinajstić information content (AvgIpc) is 2.36. The summed E-state index contributed by atoms with van der Waals surface area (Å²) >= 11 is 6.67. The summed E-state index contributed by atoms with van der Waals surface area (Å²) in [4.78, 5) is 0.237. The molecule has 0 spiro atoms. The van der Waals surface area contributed by atoms with Gasteiger partial charge < -0.3 is 5.11 Å². The van der Waals surface area contributed by atoms with Crippen molar-refractivity contribution in [1.29, 1.82) is 0 Å². The molecular weight excluding hydrogens is 410 g/mol. The molecule has 0 radical (unpaired) electrons. The first-order valence-electron chi connectivity index (χ1n) is 6.45. The molecule has 0 aromatic heterocycles. The van der Waals surface area contributed by atoms with Crippen LogP contribution in [0.15, 0.2) is 26.0 Å². The fourth-order valence-electron chi connectivity index (χ4n) is 2.31. The fourth-order valence-corrected chi connectivity index (χ4v) is 5.29. The van der Waals surface area contributed by atoms with Crippen molar-refractivity contribution < 1.29 is 13.5 Å². The number of aryl methyl sites for hydroxylation is 1. The van der Waals surface area contributed by atoms with Crippen LogP contribution in [-0.4, -0.2) is 25.7 Å². The van der Waals surface area contributed by atoms with Gasteiger partial charge in [0.05, 0.1) is 11.0 Å². The first-order chi connectivity index (χ1) is 9.29. The van der Waals surface area contributed by atoms with E-state index in [2.05, 4.69) is 36.6 Å². The summed E-state index contributed by atoms with van der Waals surface area (Å²) in [6.45, 7) is 1.90. The Labute approximate surface area is 136 Å². The van der Waals surface area contributed by atoms with Crippen molar-refractivity contribution in [3.05, 3.63) is 26.6 Å². The molecule has 112 valence electrons. The highest BCUT2D eigenvalue weighted by atomic mass is 79.9. The van der Waals surface area contributed by atoms with Gasteiger partial charge in [0.25, 0.3) is 0 Å². The highest BCUT2D eigenvalue weighted by Crippen LogP contribution is 2.29. The second-order valence-corrected chi connectivity index (χ2v) is 8.55. The van der Waals surface area contributed by atoms with E-state index in [0.29, 0.717) is 30.2 Å². The number of aliphatic hydroxyl groups excluding tert-OH is 1. The predicted molar refractivity (Wildman–Crippen MR) is 85.2 cm³/mol. The third-order valence-electron chi connectivity index (χ3n) is 3.52. The standard InChI is InChI=1S/C13H17Br2NO3S/c1-8-6-12(15)13(7-11(8)14)20(18,19)16-9-2-4-10(17)5-3-9/h6-7,9-10,16-17H,2-5H2,1H3. The van der Waals surface area contributed by atoms with Gasteiger partial charge in [0.15, 0.2) is 0 Å². The molecule has 0 aliphatic heterocycles. The van der Waals surface area contributed by atoms with Gasteiger partial charge in [-0.3, -0.25) is 0 Å². The molecule has 2 rings (SSSR count). The zero-order valence-corrected chi connectivity index (χ0v) is 15.1. The highest BCUT2D eigenvalue weighted by Gasteiger charge is 2.26. The smallest absolute Gasteiger partial charge is 0.241 e. The van der Waals surface area contributed by atoms with Crippen molar-refractivity contribution in [1.82, 2.24) is 4.72 Å². The summed E-state index contributed by atoms with van der Waals surface area (Å²) in [6.07, 6.45) is 2.34. The van der Waals surface area contributed by atoms with Gasteiger partial charge in [0.2, 0.25) is 10.0 Å². The van der Waals surface area contributed by atoms with E-state index in [-0.39, 0.29) is 17.0 Å². The van der Waals surface area contributed by atoms with Crippen molar-refractivity contribution in [2.45, 2.75) is 49.6 Å². The molecule has 4 nitrogen and oxygen atoms in total. The van der Waals surface area contributed by atoms with Crippen LogP contribution in [0.25, 0.3) is 0 Å². The van der Waals surface area contributed by atoms with E-state index in [9.17, 15) is 13.5 Å². The molecule has 1 saturated carbocycles. The number of aliphatic hydroxyl groups is 1. The maximum Gasteiger partial charge on any atom is 0.241 e. The van der Waals surface area contributed by atoms with Crippen LogP contribution in [0, 0.1) is 6.92 Å². The lowest BCUT2D eigenvalue weighted by Crippen LogP contribution is -2.38. The minimum atomic E-state index is -3.56. The van der Waals surface area contributed by atoms with E-state index in [1.54, 1.807) is 12.1 Å². The second-order valence-electron chi connectivity index (χ2n) is 5.16. The Morgan fingerprint density at radius 2 is 1.75 bits per heavy atom. The van der Waals surface area contributed by atoms with Gasteiger partial charge in [-0.15, -0.1) is 0 Å². The lowest BCUT2D eigenvalue weighted by atomic mass is 9.94. The first-order valence-corrected chi connectivity index (χ1v) is 9.52. The topological polar surface area (TPSA) is 66.4 Å². The lowest BCUT2D eigenvalue weighted by molar-refractivity contribution is 0.120. The van der Waals surface area contributed by atoms with Crippen molar-refractivity contribution in [3.63, 3.8) is 0 Å². The third kappa shape index (κ3) is 3.82. The van der Waals surface area contributed by atoms with Crippen molar-refractivity contribution in [2.75, 3.05) is 0 Å². The monoisotopic (exact) mass is 425 g/mol. The van der Waals surface area contributed by atoms with Crippen molar-refractivity contribution >= 4 is 41.9 Å². The van der Waals surface area contributed by atoms with Gasteiger partial charge in [0.1, 0.15) is 0 Å². The molecule has 1 aromatic carbocycles. The number of benzene rings is 1. The van der Waals surface area contributed by atoms with Gasteiger partial charge in [-0.1, -0.05) is 15.9 Å². The average molecular weight is 427 g/mol. The molecule has 20 heavy (non-hydrogen) atoms. The summed E-state index contributed by atoms with van der Waals surface area (Å²) in [5, 5.41) is 9.46. The number of hydrogen-bond donors (Lipinski definition) is 2. The van der Waals surface area contributed by atoms with Crippen LogP contribution in [0.1, 0.15) is 31.2 Å². The minimum Gasteiger partial charge on any atom is -0.393 e. The Kier molecular flexibility index (Phi) is 5.29. The van der Waals surface area contributed by atoms with Gasteiger partial charge in [-0.2, -0.15) is 0 Å². The number of halogens is 2. The lowest BCUT2D eigenvalue weighted by Gasteiger charge is -2.26. The van der Waals surface area contributed by atoms with Crippen LogP contribution < -0.4 is 4.72 Å². The zero-order chi connectivity index (χ0) is 14.9. The predicted octanol–water partition coefficient (Wildman–Crippen LogP) is 3.10. The van der Waals surface area contributed by atoms with Crippen LogP contribution >= 0.6 is 31.9 Å². The van der Waals surface area contributed by atoms with Gasteiger partial charge in [0, 0.05) is 15.0 Å². The summed E-state index contributed by atoms with van der Waals surface area (Å²) in [5.74, 6) is 0. The number of rotatable bonds is 3. The molecule has 0 bridgehead atoms. The van der Waals surface area contributed by atoms with E-state index >= 15 is 0 Å². The van der Waals surface area contributed by atoms with E-state index in [1.165, 1.54) is 0 Å². The van der Waals surface area contributed by atoms with Gasteiger partial charge in [-0.05, 0) is 66.2 Å². The maximum atomic E-state index is 12.4. The van der Waals surface area contributed by atoms with Crippen molar-refractivity contribution in [2.24, 2.45) is 0 Å². The quantitative estimate of drug-likeness (QED) is 0.780. The van der Waals surface area contributed by atoms with Gasteiger partial charge in [-0.25, -0.2) is 13.1 Å². The molecule has 0 atom stereocenters. The van der Waals surface area contributed by atoms with E-state index in [0.717, 1.165) is 10.0 Å². The molecule has 0 amide bonds. The number of sulfonamides is 1. The Hall–Kier alpha value is 0.0500. The van der Waals surface area contributed by atoms with Crippen molar-refractivity contribution in [3.8, 4) is 0 Å². The fraction of sp³-hybridized carbons (Fsp3) is 0.538. The molecule has 7 heteroatoms. The van der Waals surface area contributed by atoms with Crippen LogP contribution in [-0.2, 0) is 10.0 Å². The Balaban J connectivity index is 2.20. The SMILES string of the molecule is Cc1cc(Br)c(S(=O)(=O)NC2CCC(O)CC2)cc1Br. The minimum absolute atomic E-state index is 0.102. The molecule has 0 saturated heterocycles. The zero-order valence-electron chi connectivity index (χ0n) is 11.1. The molecule has 1 fully saturated rings. The maximum absolute atomic E-state index is 12.4. The van der Waals surface area contributed by atoms with Crippen LogP contribution in [0.3, 0.4) is 0 Å². The molecule has 1 aliphatic rings. The molecule has 1 aromatic rings. The molecule has 2 N–H and O–H groups in total. The highest BCUT2D eigenvalue weighted by molar-refractivity contribution is 9.11. The van der Waals surface area contributed by atoms with E-state index < -0.39 is 10.0 Å². The largest absolute Gasteiger partial charge is 0.393 e. The summed E-state index contributed by atoms with van der Waals surface area (Å²) in [6, 6.07) is 3.29. The summed E-state index contributed by atoms with van der Waals surface area (Å²) in [7, 11) is -3.56. The van der Waals surface area contributed by atoms with E-state index in [4.69, 9.17) is 0 Å². The van der Waals surface area contributed by atoms with Gasteiger partial charge >= 0.3 is 0 Å². The van der Waals surface area contributed by atoms with Crippen LogP contribution in [0.5, 0.6) is 0 Å². The first kappa shape index (κ1) is 16.4. The Morgan fingerprint density at radius 3 is 2.35 bits per heavy atom.